The zero-order valence-corrected chi connectivity index (χ0v) is 23.6. The van der Waals surface area contributed by atoms with Crippen LogP contribution in [0.2, 0.25) is 0 Å². The highest BCUT2D eigenvalue weighted by atomic mass is 35.5. The summed E-state index contributed by atoms with van der Waals surface area (Å²) in [6.07, 6.45) is 10.5. The highest BCUT2D eigenvalue weighted by Gasteiger charge is 2.12. The van der Waals surface area contributed by atoms with E-state index < -0.39 is 0 Å². The molecule has 0 saturated carbocycles. The van der Waals surface area contributed by atoms with Gasteiger partial charge in [0.2, 0.25) is 0 Å². The maximum atomic E-state index is 6.93. The van der Waals surface area contributed by atoms with Crippen molar-refractivity contribution in [1.82, 2.24) is 4.90 Å². The monoisotopic (exact) mass is 517 g/mol. The Morgan fingerprint density at radius 2 is 1.08 bits per heavy atom. The van der Waals surface area contributed by atoms with Crippen molar-refractivity contribution in [1.29, 1.82) is 0 Å². The van der Waals surface area contributed by atoms with E-state index in [0.29, 0.717) is 0 Å². The third kappa shape index (κ3) is 10.0. The molecule has 0 atom stereocenters. The zero-order valence-electron chi connectivity index (χ0n) is 22.8. The Balaban J connectivity index is 1.42. The van der Waals surface area contributed by atoms with Crippen molar-refractivity contribution in [2.24, 2.45) is 0 Å². The van der Waals surface area contributed by atoms with Gasteiger partial charge in [0.1, 0.15) is 5.75 Å². The maximum absolute atomic E-state index is 6.93. The first kappa shape index (κ1) is 29.0. The lowest BCUT2D eigenvalue weighted by Crippen LogP contribution is -2.23. The van der Waals surface area contributed by atoms with E-state index in [2.05, 4.69) is 79.4 Å². The van der Waals surface area contributed by atoms with Gasteiger partial charge in [0.15, 0.2) is 0 Å². The van der Waals surface area contributed by atoms with Crippen LogP contribution in [0, 0.1) is 0 Å². The second kappa shape index (κ2) is 17.1. The second-order valence-corrected chi connectivity index (χ2v) is 10.0. The first-order chi connectivity index (χ1) is 18.2. The Kier molecular flexibility index (Phi) is 13.4. The Morgan fingerprint density at radius 3 is 1.65 bits per heavy atom. The molecule has 198 valence electrons. The molecule has 0 heterocycles. The maximum Gasteiger partial charge on any atom is 0.119 e. The fourth-order valence-corrected chi connectivity index (χ4v) is 5.04. The molecule has 3 heteroatoms. The molecule has 0 saturated heterocycles. The van der Waals surface area contributed by atoms with Crippen molar-refractivity contribution in [3.05, 3.63) is 102 Å². The molecule has 3 rings (SSSR count). The predicted octanol–water partition coefficient (Wildman–Crippen LogP) is 9.68. The summed E-state index contributed by atoms with van der Waals surface area (Å²) in [6, 6.07) is 28.9. The molecule has 0 amide bonds. The van der Waals surface area contributed by atoms with Crippen molar-refractivity contribution >= 4 is 22.2 Å². The molecule has 0 fully saturated rings. The lowest BCUT2D eigenvalue weighted by Gasteiger charge is -2.17. The van der Waals surface area contributed by atoms with Crippen molar-refractivity contribution in [2.75, 3.05) is 26.2 Å². The van der Waals surface area contributed by atoms with Gasteiger partial charge in [0.25, 0.3) is 0 Å². The lowest BCUT2D eigenvalue weighted by atomic mass is 9.95. The Bertz CT molecular complexity index is 1030. The molecule has 0 aliphatic rings. The van der Waals surface area contributed by atoms with Gasteiger partial charge in [-0.1, -0.05) is 137 Å². The van der Waals surface area contributed by atoms with Crippen molar-refractivity contribution < 1.29 is 4.74 Å². The molecule has 0 unspecified atom stereocenters. The molecule has 37 heavy (non-hydrogen) atoms. The van der Waals surface area contributed by atoms with Crippen LogP contribution < -0.4 is 4.74 Å². The van der Waals surface area contributed by atoms with Crippen LogP contribution in [0.25, 0.3) is 10.6 Å². The van der Waals surface area contributed by atoms with Gasteiger partial charge in [-0.3, -0.25) is 0 Å². The molecule has 0 aliphatic carbocycles. The summed E-state index contributed by atoms with van der Waals surface area (Å²) in [5, 5.41) is 0.754. The summed E-state index contributed by atoms with van der Waals surface area (Å²) in [7, 11) is 0. The molecular formula is C34H44ClNO. The van der Waals surface area contributed by atoms with Gasteiger partial charge in [0.05, 0.1) is 11.6 Å². The number of rotatable bonds is 17. The fraction of sp³-hybridized carbons (Fsp3) is 0.412. The van der Waals surface area contributed by atoms with E-state index in [1.807, 2.05) is 24.3 Å². The number of hydrogen-bond donors (Lipinski definition) is 0. The average Bonchev–Trinajstić information content (AvgIpc) is 2.95. The van der Waals surface area contributed by atoms with Gasteiger partial charge < -0.3 is 9.64 Å². The SMILES string of the molecule is CCN(CC)CCCCCCCCCCOc1ccc(/C(=C(\Cl)c2ccccc2)c2ccccc2)cc1. The Morgan fingerprint density at radius 1 is 0.595 bits per heavy atom. The lowest BCUT2D eigenvalue weighted by molar-refractivity contribution is 0.294. The summed E-state index contributed by atoms with van der Waals surface area (Å²) < 4.78 is 6.04. The second-order valence-electron chi connectivity index (χ2n) is 9.65. The summed E-state index contributed by atoms with van der Waals surface area (Å²) >= 11 is 6.93. The Labute approximate surface area is 230 Å². The molecule has 0 spiro atoms. The number of hydrogen-bond acceptors (Lipinski definition) is 2. The highest BCUT2D eigenvalue weighted by molar-refractivity contribution is 6.53. The summed E-state index contributed by atoms with van der Waals surface area (Å²) in [5.41, 5.74) is 4.24. The minimum Gasteiger partial charge on any atom is -0.494 e. The van der Waals surface area contributed by atoms with Crippen LogP contribution in [-0.4, -0.2) is 31.1 Å². The molecule has 3 aromatic carbocycles. The fourth-order valence-electron chi connectivity index (χ4n) is 4.70. The van der Waals surface area contributed by atoms with Crippen molar-refractivity contribution in [3.63, 3.8) is 0 Å². The number of nitrogens with zero attached hydrogens (tertiary/aromatic N) is 1. The van der Waals surface area contributed by atoms with E-state index in [0.717, 1.165) is 46.1 Å². The van der Waals surface area contributed by atoms with Crippen LogP contribution >= 0.6 is 11.6 Å². The van der Waals surface area contributed by atoms with Gasteiger partial charge in [-0.05, 0) is 61.3 Å². The van der Waals surface area contributed by atoms with Crippen LogP contribution in [0.4, 0.5) is 0 Å². The van der Waals surface area contributed by atoms with Gasteiger partial charge in [0, 0.05) is 5.57 Å². The normalized spacial score (nSPS) is 12.0. The van der Waals surface area contributed by atoms with Crippen LogP contribution in [-0.2, 0) is 0 Å². The molecule has 0 N–H and O–H groups in total. The van der Waals surface area contributed by atoms with Crippen LogP contribution in [0.1, 0.15) is 81.9 Å². The smallest absolute Gasteiger partial charge is 0.119 e. The average molecular weight is 518 g/mol. The number of unbranched alkanes of at least 4 members (excludes halogenated alkanes) is 7. The van der Waals surface area contributed by atoms with E-state index in [-0.39, 0.29) is 0 Å². The molecular weight excluding hydrogens is 474 g/mol. The minimum absolute atomic E-state index is 0.754. The van der Waals surface area contributed by atoms with E-state index in [1.54, 1.807) is 0 Å². The minimum atomic E-state index is 0.754. The number of halogens is 1. The molecule has 0 bridgehead atoms. The van der Waals surface area contributed by atoms with Gasteiger partial charge in [-0.15, -0.1) is 0 Å². The molecule has 2 nitrogen and oxygen atoms in total. The summed E-state index contributed by atoms with van der Waals surface area (Å²) in [6.45, 7) is 8.90. The van der Waals surface area contributed by atoms with Crippen molar-refractivity contribution in [2.45, 2.75) is 65.2 Å². The molecule has 0 aliphatic heterocycles. The molecule has 0 radical (unpaired) electrons. The van der Waals surface area contributed by atoms with Gasteiger partial charge in [-0.25, -0.2) is 0 Å². The quantitative estimate of drug-likeness (QED) is 0.130. The summed E-state index contributed by atoms with van der Waals surface area (Å²) in [4.78, 5) is 2.52. The Hall–Kier alpha value is -2.55. The third-order valence-electron chi connectivity index (χ3n) is 6.98. The molecule has 3 aromatic rings. The van der Waals surface area contributed by atoms with E-state index in [9.17, 15) is 0 Å². The standard InChI is InChI=1S/C34H44ClNO/c1-3-36(4-2)27-17-9-7-5-6-8-10-18-28-37-32-25-23-30(24-26-32)33(29-19-13-11-14-20-29)34(35)31-21-15-12-16-22-31/h11-16,19-26H,3-10,17-18,27-28H2,1-2H3/b34-33-. The largest absolute Gasteiger partial charge is 0.494 e. The van der Waals surface area contributed by atoms with E-state index in [4.69, 9.17) is 16.3 Å². The highest BCUT2D eigenvalue weighted by Crippen LogP contribution is 2.35. The first-order valence-electron chi connectivity index (χ1n) is 14.2. The molecule has 0 aromatic heterocycles. The topological polar surface area (TPSA) is 12.5 Å². The zero-order chi connectivity index (χ0) is 26.1. The summed E-state index contributed by atoms with van der Waals surface area (Å²) in [5.74, 6) is 0.917. The van der Waals surface area contributed by atoms with Gasteiger partial charge in [-0.2, -0.15) is 0 Å². The van der Waals surface area contributed by atoms with E-state index in [1.165, 1.54) is 64.6 Å². The van der Waals surface area contributed by atoms with Crippen LogP contribution in [0.3, 0.4) is 0 Å². The van der Waals surface area contributed by atoms with Crippen LogP contribution in [0.5, 0.6) is 5.75 Å². The third-order valence-corrected chi connectivity index (χ3v) is 7.39. The van der Waals surface area contributed by atoms with Gasteiger partial charge >= 0.3 is 0 Å². The predicted molar refractivity (Wildman–Crippen MR) is 161 cm³/mol. The number of ether oxygens (including phenoxy) is 1. The van der Waals surface area contributed by atoms with Crippen molar-refractivity contribution in [3.8, 4) is 5.75 Å². The van der Waals surface area contributed by atoms with Crippen LogP contribution in [0.15, 0.2) is 84.9 Å². The first-order valence-corrected chi connectivity index (χ1v) is 14.6. The number of benzene rings is 3. The van der Waals surface area contributed by atoms with E-state index >= 15 is 0 Å².